The Morgan fingerprint density at radius 2 is 2.29 bits per heavy atom. The zero-order chi connectivity index (χ0) is 15.2. The summed E-state index contributed by atoms with van der Waals surface area (Å²) in [5.74, 6) is -1.34. The monoisotopic (exact) mass is 296 g/mol. The van der Waals surface area contributed by atoms with Gasteiger partial charge < -0.3 is 20.4 Å². The fourth-order valence-electron chi connectivity index (χ4n) is 2.53. The number of aromatic hydroxyl groups is 1. The van der Waals surface area contributed by atoms with Crippen LogP contribution in [0.2, 0.25) is 0 Å². The minimum atomic E-state index is -0.576. The van der Waals surface area contributed by atoms with E-state index in [1.165, 1.54) is 6.07 Å². The number of nitrogens with one attached hydrogen (secondary N) is 1. The van der Waals surface area contributed by atoms with E-state index >= 15 is 0 Å². The van der Waals surface area contributed by atoms with Crippen molar-refractivity contribution in [2.75, 3.05) is 26.2 Å². The van der Waals surface area contributed by atoms with E-state index in [1.807, 2.05) is 0 Å². The van der Waals surface area contributed by atoms with Gasteiger partial charge in [0.05, 0.1) is 11.7 Å². The van der Waals surface area contributed by atoms with E-state index in [1.54, 1.807) is 0 Å². The summed E-state index contributed by atoms with van der Waals surface area (Å²) in [6.45, 7) is 2.95. The number of phenolic OH excluding ortho intramolecular Hbond substituents is 1. The molecule has 1 heterocycles. The third-order valence-electron chi connectivity index (χ3n) is 3.62. The van der Waals surface area contributed by atoms with Gasteiger partial charge in [0, 0.05) is 19.2 Å². The number of carbonyl (C=O) groups excluding carboxylic acids is 1. The molecule has 116 valence electrons. The Balaban J connectivity index is 1.72. The fourth-order valence-corrected chi connectivity index (χ4v) is 2.53. The second-order valence-corrected chi connectivity index (χ2v) is 5.37. The van der Waals surface area contributed by atoms with Gasteiger partial charge in [-0.05, 0) is 44.5 Å². The average molecular weight is 296 g/mol. The fraction of sp³-hybridized carbons (Fsp3) is 0.533. The van der Waals surface area contributed by atoms with Crippen molar-refractivity contribution in [2.24, 2.45) is 0 Å². The third kappa shape index (κ3) is 4.68. The predicted molar refractivity (Wildman–Crippen MR) is 76.7 cm³/mol. The zero-order valence-corrected chi connectivity index (χ0v) is 11.9. The van der Waals surface area contributed by atoms with Crippen LogP contribution in [0.3, 0.4) is 0 Å². The van der Waals surface area contributed by atoms with Gasteiger partial charge in [0.1, 0.15) is 11.6 Å². The van der Waals surface area contributed by atoms with Gasteiger partial charge in [-0.1, -0.05) is 0 Å². The molecular weight excluding hydrogens is 275 g/mol. The van der Waals surface area contributed by atoms with Crippen molar-refractivity contribution < 1.29 is 19.4 Å². The van der Waals surface area contributed by atoms with Crippen LogP contribution in [0.15, 0.2) is 18.2 Å². The van der Waals surface area contributed by atoms with E-state index in [0.29, 0.717) is 13.1 Å². The summed E-state index contributed by atoms with van der Waals surface area (Å²) in [5, 5.41) is 21.8. The number of hydrogen-bond acceptors (Lipinski definition) is 4. The number of halogens is 1. The number of benzene rings is 1. The molecule has 6 heteroatoms. The van der Waals surface area contributed by atoms with E-state index in [9.17, 15) is 19.4 Å². The highest BCUT2D eigenvalue weighted by molar-refractivity contribution is 5.96. The predicted octanol–water partition coefficient (Wildman–Crippen LogP) is 1.11. The maximum absolute atomic E-state index is 12.8. The highest BCUT2D eigenvalue weighted by Gasteiger charge is 2.17. The normalized spacial score (nSPS) is 19.4. The van der Waals surface area contributed by atoms with Crippen molar-refractivity contribution in [3.05, 3.63) is 29.6 Å². The second kappa shape index (κ2) is 7.38. The van der Waals surface area contributed by atoms with Crippen molar-refractivity contribution in [3.8, 4) is 5.75 Å². The van der Waals surface area contributed by atoms with Crippen molar-refractivity contribution in [2.45, 2.75) is 25.4 Å². The summed E-state index contributed by atoms with van der Waals surface area (Å²) in [5.41, 5.74) is 0.0739. The van der Waals surface area contributed by atoms with Gasteiger partial charge >= 0.3 is 0 Å². The van der Waals surface area contributed by atoms with Gasteiger partial charge in [-0.15, -0.1) is 0 Å². The van der Waals surface area contributed by atoms with Crippen LogP contribution in [-0.2, 0) is 0 Å². The van der Waals surface area contributed by atoms with Gasteiger partial charge in [0.2, 0.25) is 0 Å². The van der Waals surface area contributed by atoms with Gasteiger partial charge in [0.15, 0.2) is 0 Å². The number of nitrogens with zero attached hydrogens (tertiary/aromatic N) is 1. The second-order valence-electron chi connectivity index (χ2n) is 5.37. The first kappa shape index (κ1) is 15.7. The van der Waals surface area contributed by atoms with Gasteiger partial charge in [0.25, 0.3) is 5.91 Å². The standard InChI is InChI=1S/C15H21FN2O3/c16-11-4-5-13(14(20)9-11)15(21)17-6-2-8-18-7-1-3-12(19)10-18/h4-5,9,12,19-20H,1-3,6-8,10H2,(H,17,21)/t12-/m1/s1. The molecule has 1 aromatic carbocycles. The molecule has 0 aliphatic carbocycles. The van der Waals surface area contributed by atoms with Gasteiger partial charge in [-0.25, -0.2) is 4.39 Å². The molecule has 0 radical (unpaired) electrons. The number of aliphatic hydroxyl groups excluding tert-OH is 1. The molecule has 0 saturated carbocycles. The third-order valence-corrected chi connectivity index (χ3v) is 3.62. The van der Waals surface area contributed by atoms with Crippen LogP contribution in [0, 0.1) is 5.82 Å². The molecule has 1 aliphatic rings. The SMILES string of the molecule is O=C(NCCCN1CCC[C@@H](O)C1)c1ccc(F)cc1O. The Morgan fingerprint density at radius 1 is 1.48 bits per heavy atom. The largest absolute Gasteiger partial charge is 0.507 e. The van der Waals surface area contributed by atoms with Gasteiger partial charge in [-0.3, -0.25) is 4.79 Å². The molecule has 1 fully saturated rings. The molecule has 0 bridgehead atoms. The Labute approximate surface area is 123 Å². The summed E-state index contributed by atoms with van der Waals surface area (Å²) in [7, 11) is 0. The zero-order valence-electron chi connectivity index (χ0n) is 11.9. The summed E-state index contributed by atoms with van der Waals surface area (Å²) in [6, 6.07) is 3.33. The Kier molecular flexibility index (Phi) is 5.52. The Morgan fingerprint density at radius 3 is 3.00 bits per heavy atom. The van der Waals surface area contributed by atoms with E-state index in [-0.39, 0.29) is 17.4 Å². The number of aliphatic hydroxyl groups is 1. The summed E-state index contributed by atoms with van der Waals surface area (Å²) in [6.07, 6.45) is 2.37. The van der Waals surface area contributed by atoms with E-state index < -0.39 is 11.7 Å². The van der Waals surface area contributed by atoms with Crippen molar-refractivity contribution in [1.29, 1.82) is 0 Å². The van der Waals surface area contributed by atoms with Crippen LogP contribution in [0.4, 0.5) is 4.39 Å². The molecule has 21 heavy (non-hydrogen) atoms. The quantitative estimate of drug-likeness (QED) is 0.712. The molecule has 1 amide bonds. The first-order chi connectivity index (χ1) is 10.1. The molecule has 1 aliphatic heterocycles. The molecule has 0 unspecified atom stereocenters. The molecule has 3 N–H and O–H groups in total. The molecule has 1 atom stereocenters. The molecule has 1 saturated heterocycles. The highest BCUT2D eigenvalue weighted by atomic mass is 19.1. The lowest BCUT2D eigenvalue weighted by Gasteiger charge is -2.29. The van der Waals surface area contributed by atoms with Crippen LogP contribution in [0.1, 0.15) is 29.6 Å². The highest BCUT2D eigenvalue weighted by Crippen LogP contribution is 2.17. The summed E-state index contributed by atoms with van der Waals surface area (Å²) >= 11 is 0. The van der Waals surface area contributed by atoms with Gasteiger partial charge in [-0.2, -0.15) is 0 Å². The minimum absolute atomic E-state index is 0.0739. The molecular formula is C15H21FN2O3. The number of amides is 1. The number of piperidine rings is 1. The van der Waals surface area contributed by atoms with Crippen molar-refractivity contribution in [3.63, 3.8) is 0 Å². The summed E-state index contributed by atoms with van der Waals surface area (Å²) < 4.78 is 12.8. The van der Waals surface area contributed by atoms with Crippen LogP contribution < -0.4 is 5.32 Å². The van der Waals surface area contributed by atoms with Crippen LogP contribution in [0.5, 0.6) is 5.75 Å². The number of β-amino-alcohol motifs (C(OH)–C–C–N with tert-alkyl or cyclic N) is 1. The molecule has 0 spiro atoms. The van der Waals surface area contributed by atoms with E-state index in [0.717, 1.165) is 44.5 Å². The lowest BCUT2D eigenvalue weighted by molar-refractivity contribution is 0.0697. The smallest absolute Gasteiger partial charge is 0.255 e. The number of likely N-dealkylation sites (tertiary alicyclic amines) is 1. The van der Waals surface area contributed by atoms with Crippen LogP contribution in [-0.4, -0.2) is 53.3 Å². The first-order valence-electron chi connectivity index (χ1n) is 7.23. The van der Waals surface area contributed by atoms with Crippen molar-refractivity contribution >= 4 is 5.91 Å². The van der Waals surface area contributed by atoms with Crippen LogP contribution >= 0.6 is 0 Å². The Hall–Kier alpha value is -1.66. The molecule has 5 nitrogen and oxygen atoms in total. The van der Waals surface area contributed by atoms with Crippen molar-refractivity contribution in [1.82, 2.24) is 10.2 Å². The first-order valence-corrected chi connectivity index (χ1v) is 7.23. The minimum Gasteiger partial charge on any atom is -0.507 e. The number of carbonyl (C=O) groups is 1. The van der Waals surface area contributed by atoms with E-state index in [4.69, 9.17) is 0 Å². The summed E-state index contributed by atoms with van der Waals surface area (Å²) in [4.78, 5) is 14.0. The number of hydrogen-bond donors (Lipinski definition) is 3. The molecule has 1 aromatic rings. The number of phenols is 1. The molecule has 2 rings (SSSR count). The topological polar surface area (TPSA) is 72.8 Å². The lowest BCUT2D eigenvalue weighted by atomic mass is 10.1. The molecule has 0 aromatic heterocycles. The van der Waals surface area contributed by atoms with E-state index in [2.05, 4.69) is 10.2 Å². The Bertz CT molecular complexity index is 496. The average Bonchev–Trinajstić information content (AvgIpc) is 2.43. The lowest BCUT2D eigenvalue weighted by Crippen LogP contribution is -2.39. The number of rotatable bonds is 5. The van der Waals surface area contributed by atoms with Crippen LogP contribution in [0.25, 0.3) is 0 Å². The maximum Gasteiger partial charge on any atom is 0.255 e. The maximum atomic E-state index is 12.8.